The van der Waals surface area contributed by atoms with Gasteiger partial charge < -0.3 is 14.5 Å². The summed E-state index contributed by atoms with van der Waals surface area (Å²) in [6.45, 7) is 3.04. The van der Waals surface area contributed by atoms with Crippen molar-refractivity contribution < 1.29 is 9.53 Å². The highest BCUT2D eigenvalue weighted by atomic mass is 16.5. The number of para-hydroxylation sites is 1. The fourth-order valence-electron chi connectivity index (χ4n) is 3.22. The molecular formula is C18H19N3O2. The number of benzene rings is 1. The summed E-state index contributed by atoms with van der Waals surface area (Å²) in [5, 5.41) is 0. The van der Waals surface area contributed by atoms with Gasteiger partial charge in [-0.25, -0.2) is 4.98 Å². The normalized spacial score (nSPS) is 20.1. The van der Waals surface area contributed by atoms with E-state index in [-0.39, 0.29) is 12.0 Å². The summed E-state index contributed by atoms with van der Waals surface area (Å²) in [5.41, 5.74) is 1.12. The minimum Gasteiger partial charge on any atom is -0.480 e. The van der Waals surface area contributed by atoms with Gasteiger partial charge in [-0.15, -0.1) is 0 Å². The van der Waals surface area contributed by atoms with Gasteiger partial charge in [0.25, 0.3) is 5.91 Å². The van der Waals surface area contributed by atoms with Gasteiger partial charge in [0.1, 0.15) is 11.6 Å². The third kappa shape index (κ3) is 2.74. The fourth-order valence-corrected chi connectivity index (χ4v) is 3.22. The maximum atomic E-state index is 12.7. The highest BCUT2D eigenvalue weighted by Crippen LogP contribution is 2.29. The predicted molar refractivity (Wildman–Crippen MR) is 87.6 cm³/mol. The molecule has 118 valence electrons. The molecule has 0 bridgehead atoms. The minimum atomic E-state index is -0.367. The summed E-state index contributed by atoms with van der Waals surface area (Å²) in [7, 11) is 0. The number of rotatable bonds is 2. The number of hydrogen-bond acceptors (Lipinski definition) is 4. The molecule has 2 aliphatic rings. The first-order valence-corrected chi connectivity index (χ1v) is 8.00. The molecule has 0 unspecified atom stereocenters. The summed E-state index contributed by atoms with van der Waals surface area (Å²) in [5.74, 6) is 1.92. The van der Waals surface area contributed by atoms with E-state index in [9.17, 15) is 4.79 Å². The monoisotopic (exact) mass is 309 g/mol. The van der Waals surface area contributed by atoms with Gasteiger partial charge >= 0.3 is 0 Å². The van der Waals surface area contributed by atoms with Crippen molar-refractivity contribution in [2.45, 2.75) is 12.5 Å². The third-order valence-electron chi connectivity index (χ3n) is 4.49. The van der Waals surface area contributed by atoms with Gasteiger partial charge in [0.05, 0.1) is 0 Å². The number of carbonyl (C=O) groups is 1. The summed E-state index contributed by atoms with van der Waals surface area (Å²) < 4.78 is 5.82. The molecule has 5 nitrogen and oxygen atoms in total. The number of hydrogen-bond donors (Lipinski definition) is 0. The molecule has 2 aliphatic heterocycles. The fraction of sp³-hybridized carbons (Fsp3) is 0.333. The topological polar surface area (TPSA) is 45.7 Å². The zero-order valence-corrected chi connectivity index (χ0v) is 12.9. The van der Waals surface area contributed by atoms with Crippen LogP contribution in [0.1, 0.15) is 5.56 Å². The van der Waals surface area contributed by atoms with Crippen molar-refractivity contribution in [2.75, 3.05) is 31.1 Å². The molecular weight excluding hydrogens is 290 g/mol. The maximum Gasteiger partial charge on any atom is 0.264 e. The molecule has 4 rings (SSSR count). The average molecular weight is 309 g/mol. The Hall–Kier alpha value is -2.56. The van der Waals surface area contributed by atoms with Crippen LogP contribution in [-0.4, -0.2) is 48.1 Å². The summed E-state index contributed by atoms with van der Waals surface area (Å²) in [4.78, 5) is 21.2. The Morgan fingerprint density at radius 3 is 2.57 bits per heavy atom. The first-order valence-electron chi connectivity index (χ1n) is 8.00. The first-order chi connectivity index (χ1) is 11.3. The highest BCUT2D eigenvalue weighted by molar-refractivity contribution is 5.83. The van der Waals surface area contributed by atoms with Crippen LogP contribution in [0, 0.1) is 0 Å². The SMILES string of the molecule is O=C([C@@H]1Cc2ccccc2O1)N1CCN(c2ccccn2)CC1. The lowest BCUT2D eigenvalue weighted by Gasteiger charge is -2.36. The van der Waals surface area contributed by atoms with Crippen molar-refractivity contribution in [1.29, 1.82) is 0 Å². The number of carbonyl (C=O) groups excluding carboxylic acids is 1. The Balaban J connectivity index is 1.37. The zero-order valence-electron chi connectivity index (χ0n) is 12.9. The summed E-state index contributed by atoms with van der Waals surface area (Å²) in [6.07, 6.45) is 2.11. The lowest BCUT2D eigenvalue weighted by atomic mass is 10.1. The van der Waals surface area contributed by atoms with E-state index in [1.165, 1.54) is 0 Å². The second kappa shape index (κ2) is 5.91. The molecule has 1 fully saturated rings. The van der Waals surface area contributed by atoms with Crippen LogP contribution in [0.15, 0.2) is 48.7 Å². The van der Waals surface area contributed by atoms with Crippen LogP contribution < -0.4 is 9.64 Å². The van der Waals surface area contributed by atoms with Gasteiger partial charge in [0.15, 0.2) is 6.10 Å². The molecule has 2 aromatic rings. The molecule has 1 atom stereocenters. The zero-order chi connectivity index (χ0) is 15.6. The van der Waals surface area contributed by atoms with E-state index in [1.807, 2.05) is 47.4 Å². The number of nitrogens with zero attached hydrogens (tertiary/aromatic N) is 3. The number of amides is 1. The average Bonchev–Trinajstić information content (AvgIpc) is 3.06. The van der Waals surface area contributed by atoms with Crippen molar-refractivity contribution in [3.05, 3.63) is 54.2 Å². The Kier molecular flexibility index (Phi) is 3.61. The Bertz CT molecular complexity index is 671. The van der Waals surface area contributed by atoms with Crippen molar-refractivity contribution in [2.24, 2.45) is 0 Å². The number of pyridine rings is 1. The van der Waals surface area contributed by atoms with Crippen LogP contribution in [0.5, 0.6) is 5.75 Å². The standard InChI is InChI=1S/C18H19N3O2/c22-18(16-13-14-5-1-2-6-15(14)23-16)21-11-9-20(10-12-21)17-7-3-4-8-19-17/h1-8,16H,9-13H2/t16-/m0/s1. The molecule has 0 spiro atoms. The van der Waals surface area contributed by atoms with Gasteiger partial charge in [-0.1, -0.05) is 24.3 Å². The summed E-state index contributed by atoms with van der Waals surface area (Å²) in [6, 6.07) is 13.8. The van der Waals surface area contributed by atoms with Crippen LogP contribution in [0.25, 0.3) is 0 Å². The molecule has 0 N–H and O–H groups in total. The van der Waals surface area contributed by atoms with Crippen LogP contribution in [0.4, 0.5) is 5.82 Å². The number of fused-ring (bicyclic) bond motifs is 1. The van der Waals surface area contributed by atoms with E-state index >= 15 is 0 Å². The van der Waals surface area contributed by atoms with Crippen LogP contribution in [-0.2, 0) is 11.2 Å². The van der Waals surface area contributed by atoms with E-state index in [4.69, 9.17) is 4.74 Å². The second-order valence-electron chi connectivity index (χ2n) is 5.92. The first kappa shape index (κ1) is 14.1. The number of anilines is 1. The molecule has 0 aliphatic carbocycles. The Morgan fingerprint density at radius 1 is 1.04 bits per heavy atom. The van der Waals surface area contributed by atoms with Crippen molar-refractivity contribution >= 4 is 11.7 Å². The molecule has 0 saturated carbocycles. The molecule has 1 aromatic carbocycles. The molecule has 23 heavy (non-hydrogen) atoms. The van der Waals surface area contributed by atoms with Gasteiger partial charge in [-0.3, -0.25) is 4.79 Å². The lowest BCUT2D eigenvalue weighted by molar-refractivity contribution is -0.138. The minimum absolute atomic E-state index is 0.0990. The second-order valence-corrected chi connectivity index (χ2v) is 5.92. The molecule has 3 heterocycles. The quantitative estimate of drug-likeness (QED) is 0.847. The van der Waals surface area contributed by atoms with Gasteiger partial charge in [-0.2, -0.15) is 0 Å². The number of piperazine rings is 1. The highest BCUT2D eigenvalue weighted by Gasteiger charge is 2.33. The van der Waals surface area contributed by atoms with E-state index in [2.05, 4.69) is 9.88 Å². The lowest BCUT2D eigenvalue weighted by Crippen LogP contribution is -2.52. The number of aromatic nitrogens is 1. The molecule has 1 saturated heterocycles. The molecule has 1 amide bonds. The van der Waals surface area contributed by atoms with Gasteiger partial charge in [-0.05, 0) is 23.8 Å². The van der Waals surface area contributed by atoms with E-state index < -0.39 is 0 Å². The van der Waals surface area contributed by atoms with Crippen molar-refractivity contribution in [3.63, 3.8) is 0 Å². The van der Waals surface area contributed by atoms with E-state index in [0.717, 1.165) is 30.2 Å². The Labute approximate surface area is 135 Å². The smallest absolute Gasteiger partial charge is 0.264 e. The van der Waals surface area contributed by atoms with Gasteiger partial charge in [0.2, 0.25) is 0 Å². The van der Waals surface area contributed by atoms with Crippen molar-refractivity contribution in [1.82, 2.24) is 9.88 Å². The van der Waals surface area contributed by atoms with Crippen LogP contribution in [0.2, 0.25) is 0 Å². The molecule has 5 heteroatoms. The van der Waals surface area contributed by atoms with E-state index in [0.29, 0.717) is 19.5 Å². The maximum absolute atomic E-state index is 12.7. The van der Waals surface area contributed by atoms with Gasteiger partial charge in [0, 0.05) is 38.8 Å². The van der Waals surface area contributed by atoms with E-state index in [1.54, 1.807) is 6.20 Å². The molecule has 1 aromatic heterocycles. The Morgan fingerprint density at radius 2 is 1.83 bits per heavy atom. The largest absolute Gasteiger partial charge is 0.480 e. The number of ether oxygens (including phenoxy) is 1. The molecule has 0 radical (unpaired) electrons. The van der Waals surface area contributed by atoms with Crippen LogP contribution >= 0.6 is 0 Å². The summed E-state index contributed by atoms with van der Waals surface area (Å²) >= 11 is 0. The third-order valence-corrected chi connectivity index (χ3v) is 4.49. The van der Waals surface area contributed by atoms with Crippen molar-refractivity contribution in [3.8, 4) is 5.75 Å². The van der Waals surface area contributed by atoms with Crippen LogP contribution in [0.3, 0.4) is 0 Å². The predicted octanol–water partition coefficient (Wildman–Crippen LogP) is 1.73.